The van der Waals surface area contributed by atoms with Gasteiger partial charge in [-0.2, -0.15) is 0 Å². The normalized spacial score (nSPS) is 20.7. The number of hydrogen-bond donors (Lipinski definition) is 7. The van der Waals surface area contributed by atoms with E-state index in [1.807, 2.05) is 4.90 Å². The van der Waals surface area contributed by atoms with Crippen LogP contribution in [-0.4, -0.2) is 180 Å². The highest BCUT2D eigenvalue weighted by Crippen LogP contribution is 2.07. The highest BCUT2D eigenvalue weighted by Gasteiger charge is 2.34. The predicted molar refractivity (Wildman–Crippen MR) is 177 cm³/mol. The lowest BCUT2D eigenvalue weighted by atomic mass is 10.0. The van der Waals surface area contributed by atoms with Crippen molar-refractivity contribution in [2.75, 3.05) is 91.6 Å². The van der Waals surface area contributed by atoms with E-state index >= 15 is 0 Å². The molecular weight excluding hydrogens is 644 g/mol. The zero-order chi connectivity index (χ0) is 36.2. The van der Waals surface area contributed by atoms with Gasteiger partial charge in [0, 0.05) is 65.4 Å². The van der Waals surface area contributed by atoms with Crippen LogP contribution in [-0.2, 0) is 33.6 Å². The average molecular weight is 699 g/mol. The number of carbonyl (C=O) groups is 7. The fraction of sp³-hybridized carbons (Fsp3) is 0.774. The third-order valence-electron chi connectivity index (χ3n) is 8.37. The molecule has 0 aromatic heterocycles. The van der Waals surface area contributed by atoms with Gasteiger partial charge in [0.15, 0.2) is 0 Å². The topological polar surface area (TPSA) is 241 Å². The zero-order valence-corrected chi connectivity index (χ0v) is 28.5. The summed E-state index contributed by atoms with van der Waals surface area (Å²) in [5.41, 5.74) is 0. The summed E-state index contributed by atoms with van der Waals surface area (Å²) in [6.45, 7) is 4.34. The summed E-state index contributed by atoms with van der Waals surface area (Å²) in [5.74, 6) is -4.56. The Bertz CT molecular complexity index is 1090. The first-order chi connectivity index (χ1) is 23.4. The van der Waals surface area contributed by atoms with E-state index < -0.39 is 41.8 Å². The molecule has 0 bridgehead atoms. The summed E-state index contributed by atoms with van der Waals surface area (Å²) in [6.07, 6.45) is 4.55. The van der Waals surface area contributed by atoms with Gasteiger partial charge in [-0.15, -0.1) is 0 Å². The number of aliphatic carboxylic acids is 3. The van der Waals surface area contributed by atoms with Crippen LogP contribution in [0.1, 0.15) is 51.9 Å². The third kappa shape index (κ3) is 17.9. The van der Waals surface area contributed by atoms with E-state index in [4.69, 9.17) is 0 Å². The molecule has 4 amide bonds. The number of carbonyl (C=O) groups excluding carboxylic acids is 4. The minimum Gasteiger partial charge on any atom is -0.480 e. The molecule has 2 aliphatic rings. The first-order valence-corrected chi connectivity index (χ1v) is 17.0. The van der Waals surface area contributed by atoms with Gasteiger partial charge in [0.2, 0.25) is 23.6 Å². The summed E-state index contributed by atoms with van der Waals surface area (Å²) >= 11 is 0. The Kier molecular flexibility index (Phi) is 19.1. The molecule has 2 rings (SSSR count). The zero-order valence-electron chi connectivity index (χ0n) is 28.5. The Morgan fingerprint density at radius 1 is 0.592 bits per heavy atom. The Balaban J connectivity index is 1.85. The standard InChI is InChI=1S/C31H54N8O10/c1-2-3-4-5-8-32-25(40)18-24-31(49)34-23(30(48)35-24)7-6-9-33-26(41)19-36-10-12-37(20-27(42)43)14-16-39(22-29(46)47)17-15-38(13-11-36)21-28(44)45/h23-24H,2-22H2,1H3,(H,32,40)(H,33,41)(H,34,49)(H,35,48)(H,42,43)(H,44,45)(H,46,47)/t23-,24-/m1/s1. The Hall–Kier alpha value is -3.87. The van der Waals surface area contributed by atoms with Crippen molar-refractivity contribution in [2.24, 2.45) is 0 Å². The van der Waals surface area contributed by atoms with Crippen LogP contribution < -0.4 is 21.3 Å². The van der Waals surface area contributed by atoms with Crippen LogP contribution in [0, 0.1) is 0 Å². The monoisotopic (exact) mass is 698 g/mol. The fourth-order valence-electron chi connectivity index (χ4n) is 5.64. The Morgan fingerprint density at radius 2 is 1.00 bits per heavy atom. The van der Waals surface area contributed by atoms with Gasteiger partial charge >= 0.3 is 17.9 Å². The van der Waals surface area contributed by atoms with Crippen molar-refractivity contribution in [1.82, 2.24) is 40.9 Å². The number of amides is 4. The van der Waals surface area contributed by atoms with E-state index in [9.17, 15) is 48.9 Å². The van der Waals surface area contributed by atoms with Crippen LogP contribution in [0.15, 0.2) is 0 Å². The Labute approximate surface area is 286 Å². The minimum atomic E-state index is -1.04. The van der Waals surface area contributed by atoms with E-state index in [1.165, 1.54) is 0 Å². The predicted octanol–water partition coefficient (Wildman–Crippen LogP) is -2.57. The van der Waals surface area contributed by atoms with Gasteiger partial charge in [0.05, 0.1) is 32.6 Å². The van der Waals surface area contributed by atoms with E-state index in [0.717, 1.165) is 25.7 Å². The maximum atomic E-state index is 12.9. The lowest BCUT2D eigenvalue weighted by Gasteiger charge is -2.32. The smallest absolute Gasteiger partial charge is 0.317 e. The van der Waals surface area contributed by atoms with Crippen LogP contribution in [0.2, 0.25) is 0 Å². The summed E-state index contributed by atoms with van der Waals surface area (Å²) in [5, 5.41) is 38.9. The van der Waals surface area contributed by atoms with Crippen LogP contribution in [0.3, 0.4) is 0 Å². The van der Waals surface area contributed by atoms with Gasteiger partial charge in [-0.3, -0.25) is 53.2 Å². The molecule has 0 saturated carbocycles. The highest BCUT2D eigenvalue weighted by molar-refractivity contribution is 5.99. The maximum absolute atomic E-state index is 12.9. The van der Waals surface area contributed by atoms with Crippen molar-refractivity contribution < 1.29 is 48.9 Å². The molecular formula is C31H54N8O10. The van der Waals surface area contributed by atoms with Gasteiger partial charge in [-0.1, -0.05) is 26.2 Å². The molecule has 2 heterocycles. The summed E-state index contributed by atoms with van der Waals surface area (Å²) < 4.78 is 0. The second-order valence-corrected chi connectivity index (χ2v) is 12.5. The van der Waals surface area contributed by atoms with Crippen LogP contribution in [0.5, 0.6) is 0 Å². The molecule has 2 atom stereocenters. The molecule has 0 spiro atoms. The SMILES string of the molecule is CCCCCCNC(=O)C[C@H]1NC(=O)[C@@H](CCCNC(=O)CN2CCN(CC(=O)O)CCN(CC(=O)O)CCN(CC(=O)O)CC2)NC1=O. The molecule has 2 saturated heterocycles. The second-order valence-electron chi connectivity index (χ2n) is 12.5. The second kappa shape index (κ2) is 22.7. The number of piperazine rings is 1. The number of unbranched alkanes of at least 4 members (excludes halogenated alkanes) is 3. The van der Waals surface area contributed by atoms with Crippen LogP contribution >= 0.6 is 0 Å². The minimum absolute atomic E-state index is 0.0318. The number of nitrogens with zero attached hydrogens (tertiary/aromatic N) is 4. The molecule has 7 N–H and O–H groups in total. The van der Waals surface area contributed by atoms with Crippen molar-refractivity contribution in [1.29, 1.82) is 0 Å². The molecule has 49 heavy (non-hydrogen) atoms. The number of carboxylic acid groups (broad SMARTS) is 3. The van der Waals surface area contributed by atoms with Crippen LogP contribution in [0.25, 0.3) is 0 Å². The molecule has 2 aliphatic heterocycles. The number of nitrogens with one attached hydrogen (secondary N) is 4. The van der Waals surface area contributed by atoms with Gasteiger partial charge in [0.1, 0.15) is 12.1 Å². The fourth-order valence-corrected chi connectivity index (χ4v) is 5.64. The molecule has 0 aromatic carbocycles. The molecule has 0 aromatic rings. The van der Waals surface area contributed by atoms with Crippen molar-refractivity contribution in [3.63, 3.8) is 0 Å². The van der Waals surface area contributed by atoms with Gasteiger partial charge in [-0.25, -0.2) is 0 Å². The largest absolute Gasteiger partial charge is 0.480 e. The van der Waals surface area contributed by atoms with Crippen LogP contribution in [0.4, 0.5) is 0 Å². The number of carboxylic acids is 3. The van der Waals surface area contributed by atoms with Crippen molar-refractivity contribution in [3.8, 4) is 0 Å². The van der Waals surface area contributed by atoms with E-state index in [-0.39, 0.29) is 96.6 Å². The lowest BCUT2D eigenvalue weighted by molar-refractivity contribution is -0.140. The van der Waals surface area contributed by atoms with Gasteiger partial charge in [0.25, 0.3) is 0 Å². The summed E-state index contributed by atoms with van der Waals surface area (Å²) in [4.78, 5) is 91.3. The maximum Gasteiger partial charge on any atom is 0.317 e. The van der Waals surface area contributed by atoms with Crippen molar-refractivity contribution in [3.05, 3.63) is 0 Å². The quantitative estimate of drug-likeness (QED) is 0.0687. The first-order valence-electron chi connectivity index (χ1n) is 17.0. The van der Waals surface area contributed by atoms with E-state index in [0.29, 0.717) is 26.1 Å². The van der Waals surface area contributed by atoms with E-state index in [2.05, 4.69) is 28.2 Å². The highest BCUT2D eigenvalue weighted by atomic mass is 16.4. The summed E-state index contributed by atoms with van der Waals surface area (Å²) in [6, 6.07) is -1.74. The lowest BCUT2D eigenvalue weighted by Crippen LogP contribution is -2.62. The van der Waals surface area contributed by atoms with E-state index in [1.54, 1.807) is 14.7 Å². The molecule has 18 heteroatoms. The number of rotatable bonds is 19. The number of hydrogen-bond acceptors (Lipinski definition) is 11. The third-order valence-corrected chi connectivity index (χ3v) is 8.37. The Morgan fingerprint density at radius 3 is 1.47 bits per heavy atom. The molecule has 0 unspecified atom stereocenters. The molecule has 0 radical (unpaired) electrons. The first kappa shape index (κ1) is 41.3. The summed E-state index contributed by atoms with van der Waals surface area (Å²) in [7, 11) is 0. The van der Waals surface area contributed by atoms with Gasteiger partial charge in [-0.05, 0) is 19.3 Å². The van der Waals surface area contributed by atoms with Crippen molar-refractivity contribution >= 4 is 41.5 Å². The molecule has 2 fully saturated rings. The molecule has 278 valence electrons. The van der Waals surface area contributed by atoms with Gasteiger partial charge < -0.3 is 36.6 Å². The van der Waals surface area contributed by atoms with Crippen molar-refractivity contribution in [2.45, 2.75) is 64.0 Å². The average Bonchev–Trinajstić information content (AvgIpc) is 3.01. The molecule has 0 aliphatic carbocycles. The molecule has 18 nitrogen and oxygen atoms in total.